The standard InChI is InChI=1S/C9H12F2N2O4S2/c1-6(13-19(16,17)9(10)11)7-2-4-8(5-3-7)18(12,14)15/h2-6,9,13H,1H3,(H2,12,14,15). The number of nitrogens with one attached hydrogen (secondary N) is 1. The van der Waals surface area contributed by atoms with Crippen LogP contribution in [0.1, 0.15) is 18.5 Å². The fourth-order valence-corrected chi connectivity index (χ4v) is 2.56. The molecule has 0 aliphatic heterocycles. The Bertz CT molecular complexity index is 641. The van der Waals surface area contributed by atoms with Crippen LogP contribution in [0.4, 0.5) is 8.78 Å². The quantitative estimate of drug-likeness (QED) is 0.827. The molecule has 0 spiro atoms. The van der Waals surface area contributed by atoms with E-state index in [9.17, 15) is 25.6 Å². The topological polar surface area (TPSA) is 106 Å². The van der Waals surface area contributed by atoms with Crippen molar-refractivity contribution in [1.82, 2.24) is 4.72 Å². The maximum atomic E-state index is 12.2. The molecule has 0 fully saturated rings. The molecule has 0 aromatic heterocycles. The minimum Gasteiger partial charge on any atom is -0.225 e. The molecule has 0 radical (unpaired) electrons. The Morgan fingerprint density at radius 2 is 1.58 bits per heavy atom. The monoisotopic (exact) mass is 314 g/mol. The normalized spacial score (nSPS) is 14.6. The summed E-state index contributed by atoms with van der Waals surface area (Å²) in [7, 11) is -8.56. The largest absolute Gasteiger partial charge is 0.350 e. The van der Waals surface area contributed by atoms with E-state index in [0.717, 1.165) is 12.1 Å². The van der Waals surface area contributed by atoms with Gasteiger partial charge in [0.25, 0.3) is 10.0 Å². The van der Waals surface area contributed by atoms with Crippen LogP contribution in [0.2, 0.25) is 0 Å². The van der Waals surface area contributed by atoms with Gasteiger partial charge in [-0.15, -0.1) is 0 Å². The van der Waals surface area contributed by atoms with Crippen molar-refractivity contribution in [2.75, 3.05) is 0 Å². The van der Waals surface area contributed by atoms with Crippen LogP contribution < -0.4 is 9.86 Å². The molecule has 0 saturated carbocycles. The first-order valence-corrected chi connectivity index (χ1v) is 8.05. The van der Waals surface area contributed by atoms with E-state index in [1.165, 1.54) is 19.1 Å². The highest BCUT2D eigenvalue weighted by molar-refractivity contribution is 7.89. The molecular weight excluding hydrogens is 302 g/mol. The van der Waals surface area contributed by atoms with Gasteiger partial charge in [-0.25, -0.2) is 26.7 Å². The van der Waals surface area contributed by atoms with Gasteiger partial charge in [0.05, 0.1) is 4.90 Å². The lowest BCUT2D eigenvalue weighted by Gasteiger charge is -2.14. The molecule has 1 rings (SSSR count). The Morgan fingerprint density at radius 3 is 1.95 bits per heavy atom. The number of rotatable bonds is 5. The van der Waals surface area contributed by atoms with Crippen molar-refractivity contribution in [3.8, 4) is 0 Å². The highest BCUT2D eigenvalue weighted by Crippen LogP contribution is 2.17. The van der Waals surface area contributed by atoms with E-state index in [0.29, 0.717) is 5.56 Å². The highest BCUT2D eigenvalue weighted by atomic mass is 32.2. The molecule has 3 N–H and O–H groups in total. The lowest BCUT2D eigenvalue weighted by atomic mass is 10.1. The summed E-state index contributed by atoms with van der Waals surface area (Å²) in [5.41, 5.74) is 0.330. The maximum Gasteiger partial charge on any atom is 0.350 e. The lowest BCUT2D eigenvalue weighted by Crippen LogP contribution is -2.31. The summed E-state index contributed by atoms with van der Waals surface area (Å²) in [5.74, 6) is -3.53. The SMILES string of the molecule is CC(NS(=O)(=O)C(F)F)c1ccc(S(N)(=O)=O)cc1. The molecule has 0 saturated heterocycles. The van der Waals surface area contributed by atoms with Crippen LogP contribution >= 0.6 is 0 Å². The number of alkyl halides is 2. The van der Waals surface area contributed by atoms with Crippen LogP contribution in [0.15, 0.2) is 29.2 Å². The van der Waals surface area contributed by atoms with Crippen LogP contribution in [-0.4, -0.2) is 22.6 Å². The smallest absolute Gasteiger partial charge is 0.225 e. The minimum atomic E-state index is -4.71. The predicted octanol–water partition coefficient (Wildman–Crippen LogP) is 0.537. The van der Waals surface area contributed by atoms with Crippen molar-refractivity contribution < 1.29 is 25.6 Å². The van der Waals surface area contributed by atoms with Gasteiger partial charge in [-0.3, -0.25) is 0 Å². The zero-order valence-corrected chi connectivity index (χ0v) is 11.4. The van der Waals surface area contributed by atoms with E-state index in [1.54, 1.807) is 4.72 Å². The van der Waals surface area contributed by atoms with Crippen molar-refractivity contribution in [2.45, 2.75) is 23.6 Å². The Morgan fingerprint density at radius 1 is 1.11 bits per heavy atom. The molecule has 19 heavy (non-hydrogen) atoms. The fraction of sp³-hybridized carbons (Fsp3) is 0.333. The predicted molar refractivity (Wildman–Crippen MR) is 64.3 cm³/mol. The van der Waals surface area contributed by atoms with E-state index in [-0.39, 0.29) is 4.90 Å². The van der Waals surface area contributed by atoms with Crippen molar-refractivity contribution in [3.05, 3.63) is 29.8 Å². The zero-order chi connectivity index (χ0) is 14.8. The molecule has 1 aromatic rings. The number of hydrogen-bond donors (Lipinski definition) is 2. The van der Waals surface area contributed by atoms with E-state index >= 15 is 0 Å². The molecule has 1 unspecified atom stereocenters. The van der Waals surface area contributed by atoms with E-state index in [4.69, 9.17) is 5.14 Å². The third-order valence-electron chi connectivity index (χ3n) is 2.28. The molecule has 1 aromatic carbocycles. The number of sulfonamides is 2. The molecule has 10 heteroatoms. The molecule has 1 atom stereocenters. The molecule has 0 aliphatic rings. The molecule has 0 aliphatic carbocycles. The van der Waals surface area contributed by atoms with E-state index in [2.05, 4.69) is 0 Å². The van der Waals surface area contributed by atoms with Gasteiger partial charge in [-0.2, -0.15) is 8.78 Å². The molecule has 0 amide bonds. The number of nitrogens with two attached hydrogens (primary N) is 1. The van der Waals surface area contributed by atoms with Crippen LogP contribution in [0.25, 0.3) is 0 Å². The second-order valence-corrected chi connectivity index (χ2v) is 7.00. The molecule has 6 nitrogen and oxygen atoms in total. The van der Waals surface area contributed by atoms with Gasteiger partial charge >= 0.3 is 5.76 Å². The molecule has 108 valence electrons. The lowest BCUT2D eigenvalue weighted by molar-refractivity contribution is 0.231. The summed E-state index contributed by atoms with van der Waals surface area (Å²) in [6.07, 6.45) is 0. The summed E-state index contributed by atoms with van der Waals surface area (Å²) in [5, 5.41) is 4.89. The maximum absolute atomic E-state index is 12.2. The van der Waals surface area contributed by atoms with Gasteiger partial charge in [-0.05, 0) is 24.6 Å². The van der Waals surface area contributed by atoms with Gasteiger partial charge in [0.1, 0.15) is 0 Å². The van der Waals surface area contributed by atoms with E-state index in [1.807, 2.05) is 0 Å². The van der Waals surface area contributed by atoms with Crippen molar-refractivity contribution in [1.29, 1.82) is 0 Å². The zero-order valence-electron chi connectivity index (χ0n) is 9.75. The van der Waals surface area contributed by atoms with Crippen molar-refractivity contribution >= 4 is 20.0 Å². The Hall–Kier alpha value is -1.10. The van der Waals surface area contributed by atoms with Crippen LogP contribution in [-0.2, 0) is 20.0 Å². The van der Waals surface area contributed by atoms with Crippen molar-refractivity contribution in [2.24, 2.45) is 5.14 Å². The summed E-state index contributed by atoms with van der Waals surface area (Å²) in [4.78, 5) is -0.153. The number of primary sulfonamides is 1. The summed E-state index contributed by atoms with van der Waals surface area (Å²) < 4.78 is 70.0. The first-order chi connectivity index (χ1) is 8.54. The summed E-state index contributed by atoms with van der Waals surface area (Å²) in [6.45, 7) is 1.35. The Kier molecular flexibility index (Phi) is 4.61. The fourth-order valence-electron chi connectivity index (χ4n) is 1.31. The van der Waals surface area contributed by atoms with Gasteiger partial charge in [0, 0.05) is 6.04 Å². The summed E-state index contributed by atoms with van der Waals surface area (Å²) in [6, 6.07) is 3.99. The first kappa shape index (κ1) is 16.0. The molecule has 0 bridgehead atoms. The van der Waals surface area contributed by atoms with Gasteiger partial charge in [0.15, 0.2) is 0 Å². The Balaban J connectivity index is 2.94. The van der Waals surface area contributed by atoms with Gasteiger partial charge in [-0.1, -0.05) is 12.1 Å². The average molecular weight is 314 g/mol. The number of hydrogen-bond acceptors (Lipinski definition) is 4. The van der Waals surface area contributed by atoms with Gasteiger partial charge < -0.3 is 0 Å². The number of halogens is 2. The van der Waals surface area contributed by atoms with Crippen LogP contribution in [0.3, 0.4) is 0 Å². The third-order valence-corrected chi connectivity index (χ3v) is 4.36. The van der Waals surface area contributed by atoms with Crippen LogP contribution in [0, 0.1) is 0 Å². The van der Waals surface area contributed by atoms with Crippen molar-refractivity contribution in [3.63, 3.8) is 0 Å². The third kappa shape index (κ3) is 4.20. The number of benzene rings is 1. The van der Waals surface area contributed by atoms with E-state index < -0.39 is 31.8 Å². The average Bonchev–Trinajstić information content (AvgIpc) is 2.27. The highest BCUT2D eigenvalue weighted by Gasteiger charge is 2.26. The van der Waals surface area contributed by atoms with Gasteiger partial charge in [0.2, 0.25) is 10.0 Å². The second-order valence-electron chi connectivity index (χ2n) is 3.76. The Labute approximate surface area is 109 Å². The van der Waals surface area contributed by atoms with Crippen LogP contribution in [0.5, 0.6) is 0 Å². The minimum absolute atomic E-state index is 0.153. The first-order valence-electron chi connectivity index (χ1n) is 4.96. The summed E-state index contributed by atoms with van der Waals surface area (Å²) >= 11 is 0. The molecule has 0 heterocycles. The second kappa shape index (κ2) is 5.49. The molecular formula is C9H12F2N2O4S2.